The van der Waals surface area contributed by atoms with Crippen molar-refractivity contribution >= 4 is 28.9 Å². The van der Waals surface area contributed by atoms with Gasteiger partial charge in [0.15, 0.2) is 11.1 Å². The molecule has 1 fully saturated rings. The molecule has 0 spiro atoms. The van der Waals surface area contributed by atoms with Gasteiger partial charge in [-0.2, -0.15) is 9.61 Å². The first kappa shape index (κ1) is 19.6. The molecule has 10 heteroatoms. The standard InChI is InChI=1S/C19H25N7O2S/c1-3-25(4-2)8-7-20-15-10-16(22-13-5-6-13)26-17(23-15)12(11-21-26)9-14-18(27)24-19(28)29-14/h9-11,13,20,27H,3-8H2,1-2H3,(H,24,28)/b12-9+,22-16?. The van der Waals surface area contributed by atoms with Gasteiger partial charge in [0.05, 0.1) is 17.1 Å². The van der Waals surface area contributed by atoms with Gasteiger partial charge in [-0.1, -0.05) is 25.2 Å². The molecule has 3 aromatic rings. The number of rotatable bonds is 8. The van der Waals surface area contributed by atoms with Gasteiger partial charge in [-0.05, 0) is 32.0 Å². The fourth-order valence-corrected chi connectivity index (χ4v) is 3.77. The third-order valence-corrected chi connectivity index (χ3v) is 5.73. The Morgan fingerprint density at radius 2 is 2.24 bits per heavy atom. The van der Waals surface area contributed by atoms with Crippen molar-refractivity contribution in [3.63, 3.8) is 0 Å². The van der Waals surface area contributed by atoms with E-state index in [1.54, 1.807) is 16.8 Å². The van der Waals surface area contributed by atoms with E-state index in [1.807, 2.05) is 6.07 Å². The fraction of sp³-hybridized carbons (Fsp3) is 0.474. The minimum atomic E-state index is -0.304. The van der Waals surface area contributed by atoms with Gasteiger partial charge in [0.25, 0.3) is 0 Å². The molecule has 29 heavy (non-hydrogen) atoms. The summed E-state index contributed by atoms with van der Waals surface area (Å²) in [5.41, 5.74) is 1.39. The maximum atomic E-state index is 11.5. The predicted octanol–water partition coefficient (Wildman–Crippen LogP) is 0.549. The first-order chi connectivity index (χ1) is 14.1. The van der Waals surface area contributed by atoms with E-state index in [0.717, 1.165) is 66.9 Å². The Labute approximate surface area is 171 Å². The Hall–Kier alpha value is -2.72. The van der Waals surface area contributed by atoms with E-state index in [2.05, 4.69) is 34.1 Å². The molecule has 0 atom stereocenters. The smallest absolute Gasteiger partial charge is 0.307 e. The van der Waals surface area contributed by atoms with Crippen LogP contribution in [0.2, 0.25) is 0 Å². The molecule has 154 valence electrons. The zero-order chi connectivity index (χ0) is 20.4. The summed E-state index contributed by atoms with van der Waals surface area (Å²) in [5, 5.41) is 18.4. The van der Waals surface area contributed by atoms with E-state index in [1.165, 1.54) is 0 Å². The highest BCUT2D eigenvalue weighted by Gasteiger charge is 2.20. The number of hydrogen-bond donors (Lipinski definition) is 3. The molecule has 3 aromatic heterocycles. The van der Waals surface area contributed by atoms with Gasteiger partial charge in [-0.25, -0.2) is 4.98 Å². The lowest BCUT2D eigenvalue weighted by Gasteiger charge is -2.18. The van der Waals surface area contributed by atoms with Crippen LogP contribution in [-0.4, -0.2) is 61.8 Å². The minimum Gasteiger partial charge on any atom is -0.493 e. The number of H-pyrrole nitrogens is 1. The van der Waals surface area contributed by atoms with Crippen molar-refractivity contribution < 1.29 is 5.11 Å². The molecule has 1 aliphatic rings. The summed E-state index contributed by atoms with van der Waals surface area (Å²) in [6.07, 6.45) is 5.59. The van der Waals surface area contributed by atoms with Crippen LogP contribution in [0.3, 0.4) is 0 Å². The Morgan fingerprint density at radius 3 is 2.90 bits per heavy atom. The summed E-state index contributed by atoms with van der Waals surface area (Å²) >= 11 is 0.946. The van der Waals surface area contributed by atoms with Crippen LogP contribution in [0.25, 0.3) is 11.7 Å². The molecule has 0 radical (unpaired) electrons. The largest absolute Gasteiger partial charge is 0.493 e. The molecule has 9 nitrogen and oxygen atoms in total. The van der Waals surface area contributed by atoms with E-state index >= 15 is 0 Å². The third kappa shape index (κ3) is 4.48. The number of thiazole rings is 1. The lowest BCUT2D eigenvalue weighted by molar-refractivity contribution is 0.316. The van der Waals surface area contributed by atoms with Gasteiger partial charge in [0, 0.05) is 24.4 Å². The Morgan fingerprint density at radius 1 is 1.45 bits per heavy atom. The number of anilines is 1. The molecule has 0 aromatic carbocycles. The van der Waals surface area contributed by atoms with Crippen LogP contribution in [0.4, 0.5) is 5.82 Å². The van der Waals surface area contributed by atoms with Crippen LogP contribution in [0.5, 0.6) is 5.88 Å². The lowest BCUT2D eigenvalue weighted by atomic mass is 10.3. The Bertz CT molecular complexity index is 1170. The molecule has 3 heterocycles. The number of likely N-dealkylation sites (N-methyl/N-ethyl adjacent to an activating group) is 1. The number of nitrogens with one attached hydrogen (secondary N) is 2. The molecule has 1 aliphatic carbocycles. The van der Waals surface area contributed by atoms with Crippen molar-refractivity contribution in [2.75, 3.05) is 31.5 Å². The van der Waals surface area contributed by atoms with Crippen LogP contribution in [0, 0.1) is 0 Å². The first-order valence-corrected chi connectivity index (χ1v) is 10.7. The molecule has 0 amide bonds. The maximum Gasteiger partial charge on any atom is 0.307 e. The SMILES string of the molecule is CCN(CC)CCNc1cc(=NC2CC2)n2nc/c(=C\c3sc(=O)[nH]c3O)c2n1. The number of nitrogens with zero attached hydrogens (tertiary/aromatic N) is 5. The van der Waals surface area contributed by atoms with Crippen molar-refractivity contribution in [1.29, 1.82) is 0 Å². The maximum absolute atomic E-state index is 11.5. The van der Waals surface area contributed by atoms with Crippen LogP contribution in [0.1, 0.15) is 31.6 Å². The van der Waals surface area contributed by atoms with Gasteiger partial charge in [0.1, 0.15) is 5.82 Å². The van der Waals surface area contributed by atoms with Crippen LogP contribution in [-0.2, 0) is 0 Å². The van der Waals surface area contributed by atoms with Crippen LogP contribution < -0.4 is 20.9 Å². The van der Waals surface area contributed by atoms with Crippen molar-refractivity contribution in [2.24, 2.45) is 4.99 Å². The zero-order valence-corrected chi connectivity index (χ0v) is 17.4. The van der Waals surface area contributed by atoms with Crippen LogP contribution >= 0.6 is 11.3 Å². The molecule has 1 saturated carbocycles. The molecular weight excluding hydrogens is 390 g/mol. The number of hydrogen-bond acceptors (Lipinski definition) is 8. The van der Waals surface area contributed by atoms with Crippen molar-refractivity contribution in [2.45, 2.75) is 32.7 Å². The molecule has 0 unspecified atom stereocenters. The molecule has 4 rings (SSSR count). The molecule has 0 bridgehead atoms. The second-order valence-electron chi connectivity index (χ2n) is 7.02. The van der Waals surface area contributed by atoms with Gasteiger partial charge in [0.2, 0.25) is 5.88 Å². The summed E-state index contributed by atoms with van der Waals surface area (Å²) in [6, 6.07) is 2.27. The van der Waals surface area contributed by atoms with E-state index < -0.39 is 0 Å². The summed E-state index contributed by atoms with van der Waals surface area (Å²) < 4.78 is 1.71. The predicted molar refractivity (Wildman–Crippen MR) is 113 cm³/mol. The Kier molecular flexibility index (Phi) is 5.63. The average molecular weight is 416 g/mol. The van der Waals surface area contributed by atoms with Crippen molar-refractivity contribution in [1.82, 2.24) is 24.5 Å². The topological polar surface area (TPSA) is 111 Å². The van der Waals surface area contributed by atoms with E-state index in [-0.39, 0.29) is 10.8 Å². The third-order valence-electron chi connectivity index (χ3n) is 4.91. The van der Waals surface area contributed by atoms with Gasteiger partial charge >= 0.3 is 4.87 Å². The summed E-state index contributed by atoms with van der Waals surface area (Å²) in [6.45, 7) is 8.04. The van der Waals surface area contributed by atoms with Gasteiger partial charge < -0.3 is 15.3 Å². The Balaban J connectivity index is 1.73. The molecule has 0 saturated heterocycles. The lowest BCUT2D eigenvalue weighted by Crippen LogP contribution is -2.29. The molecular formula is C19H25N7O2S. The minimum absolute atomic E-state index is 0.143. The average Bonchev–Trinajstić information content (AvgIpc) is 3.34. The highest BCUT2D eigenvalue weighted by atomic mass is 32.1. The summed E-state index contributed by atoms with van der Waals surface area (Å²) in [7, 11) is 0. The number of aromatic nitrogens is 4. The number of fused-ring (bicyclic) bond motifs is 1. The number of aromatic amines is 1. The van der Waals surface area contributed by atoms with Gasteiger partial charge in [-0.3, -0.25) is 14.8 Å². The van der Waals surface area contributed by atoms with Crippen molar-refractivity contribution in [3.05, 3.63) is 37.5 Å². The van der Waals surface area contributed by atoms with E-state index in [9.17, 15) is 9.90 Å². The van der Waals surface area contributed by atoms with E-state index in [4.69, 9.17) is 9.98 Å². The first-order valence-electron chi connectivity index (χ1n) is 9.90. The summed E-state index contributed by atoms with van der Waals surface area (Å²) in [5.74, 6) is 0.599. The number of aromatic hydroxyl groups is 1. The second kappa shape index (κ2) is 8.34. The zero-order valence-electron chi connectivity index (χ0n) is 16.6. The highest BCUT2D eigenvalue weighted by molar-refractivity contribution is 7.10. The second-order valence-corrected chi connectivity index (χ2v) is 8.04. The molecule has 3 N–H and O–H groups in total. The quantitative estimate of drug-likeness (QED) is 0.496. The fourth-order valence-electron chi connectivity index (χ4n) is 3.09. The summed E-state index contributed by atoms with van der Waals surface area (Å²) in [4.78, 5) is 25.8. The van der Waals surface area contributed by atoms with Gasteiger partial charge in [-0.15, -0.1) is 0 Å². The normalized spacial score (nSPS) is 15.7. The van der Waals surface area contributed by atoms with E-state index in [0.29, 0.717) is 16.6 Å². The van der Waals surface area contributed by atoms with Crippen molar-refractivity contribution in [3.8, 4) is 5.88 Å². The highest BCUT2D eigenvalue weighted by Crippen LogP contribution is 2.22. The van der Waals surface area contributed by atoms with Crippen LogP contribution in [0.15, 0.2) is 22.1 Å². The monoisotopic (exact) mass is 415 g/mol. The molecule has 0 aliphatic heterocycles.